The molecule has 0 fully saturated rings. The molecule has 0 amide bonds. The Hall–Kier alpha value is 0. The average molecular weight is 169 g/mol. The van der Waals surface area contributed by atoms with Crippen LogP contribution < -0.4 is 0 Å². The van der Waals surface area contributed by atoms with Crippen molar-refractivity contribution in [2.45, 2.75) is 59.8 Å². The summed E-state index contributed by atoms with van der Waals surface area (Å²) < 4.78 is 0. The zero-order valence-corrected chi connectivity index (χ0v) is 9.32. The van der Waals surface area contributed by atoms with Gasteiger partial charge in [0.05, 0.1) is 0 Å². The molecule has 1 radical (unpaired) electrons. The fourth-order valence-corrected chi connectivity index (χ4v) is 1.32. The quantitative estimate of drug-likeness (QED) is 0.515. The Morgan fingerprint density at radius 3 is 2.17 bits per heavy atom. The fourth-order valence-electron chi connectivity index (χ4n) is 1.32. The second-order valence-electron chi connectivity index (χ2n) is 4.53. The molecule has 0 nitrogen and oxygen atoms in total. The van der Waals surface area contributed by atoms with E-state index < -0.39 is 0 Å². The second-order valence-corrected chi connectivity index (χ2v) is 4.53. The van der Waals surface area contributed by atoms with Gasteiger partial charge >= 0.3 is 0 Å². The van der Waals surface area contributed by atoms with Crippen molar-refractivity contribution in [3.8, 4) is 0 Å². The van der Waals surface area contributed by atoms with Crippen LogP contribution in [0.15, 0.2) is 0 Å². The van der Waals surface area contributed by atoms with Gasteiger partial charge in [-0.2, -0.15) is 0 Å². The van der Waals surface area contributed by atoms with Crippen molar-refractivity contribution >= 4 is 0 Å². The summed E-state index contributed by atoms with van der Waals surface area (Å²) in [6.07, 6.45) is 6.58. The van der Waals surface area contributed by atoms with Gasteiger partial charge in [-0.3, -0.25) is 0 Å². The van der Waals surface area contributed by atoms with E-state index >= 15 is 0 Å². The summed E-state index contributed by atoms with van der Waals surface area (Å²) in [6.45, 7) is 13.4. The molecule has 0 heterocycles. The topological polar surface area (TPSA) is 0 Å². The minimum absolute atomic E-state index is 0.438. The van der Waals surface area contributed by atoms with Crippen LogP contribution in [-0.4, -0.2) is 0 Å². The summed E-state index contributed by atoms with van der Waals surface area (Å²) in [5, 5.41) is 0. The van der Waals surface area contributed by atoms with Gasteiger partial charge in [0.1, 0.15) is 0 Å². The van der Waals surface area contributed by atoms with Crippen molar-refractivity contribution in [3.05, 3.63) is 6.92 Å². The first-order valence-electron chi connectivity index (χ1n) is 5.37. The molecular weight excluding hydrogens is 144 g/mol. The van der Waals surface area contributed by atoms with E-state index in [0.29, 0.717) is 11.3 Å². The molecule has 0 bridgehead atoms. The van der Waals surface area contributed by atoms with E-state index in [-0.39, 0.29) is 0 Å². The molecule has 0 aromatic rings. The minimum Gasteiger partial charge on any atom is -0.0654 e. The molecule has 0 N–H and O–H groups in total. The van der Waals surface area contributed by atoms with Crippen LogP contribution in [0.4, 0.5) is 0 Å². The Labute approximate surface area is 78.8 Å². The average Bonchev–Trinajstić information content (AvgIpc) is 2.05. The molecule has 0 aliphatic carbocycles. The van der Waals surface area contributed by atoms with Gasteiger partial charge in [0, 0.05) is 0 Å². The number of rotatable bonds is 6. The molecule has 0 heteroatoms. The Morgan fingerprint density at radius 2 is 1.75 bits per heavy atom. The lowest BCUT2D eigenvalue weighted by Gasteiger charge is -2.30. The Kier molecular flexibility index (Phi) is 5.61. The number of unbranched alkanes of at least 4 members (excludes halogenated alkanes) is 2. The lowest BCUT2D eigenvalue weighted by Crippen LogP contribution is -2.20. The minimum atomic E-state index is 0.438. The number of hydrogen-bond acceptors (Lipinski definition) is 0. The van der Waals surface area contributed by atoms with Gasteiger partial charge in [0.2, 0.25) is 0 Å². The van der Waals surface area contributed by atoms with E-state index in [2.05, 4.69) is 34.6 Å². The maximum atomic E-state index is 4.25. The van der Waals surface area contributed by atoms with Gasteiger partial charge in [-0.25, -0.2) is 0 Å². The van der Waals surface area contributed by atoms with Crippen molar-refractivity contribution in [1.29, 1.82) is 0 Å². The van der Waals surface area contributed by atoms with Crippen LogP contribution in [0.2, 0.25) is 0 Å². The summed E-state index contributed by atoms with van der Waals surface area (Å²) in [5.41, 5.74) is 0.438. The van der Waals surface area contributed by atoms with E-state index in [1.807, 2.05) is 0 Å². The van der Waals surface area contributed by atoms with Gasteiger partial charge in [-0.15, -0.1) is 0 Å². The van der Waals surface area contributed by atoms with Gasteiger partial charge in [0.15, 0.2) is 0 Å². The third-order valence-electron chi connectivity index (χ3n) is 3.17. The second kappa shape index (κ2) is 5.61. The van der Waals surface area contributed by atoms with Gasteiger partial charge in [0.25, 0.3) is 0 Å². The molecule has 0 aromatic heterocycles. The standard InChI is InChI=1S/C12H25/c1-6-8-9-10-11(3)12(4,5)7-2/h11H,3,6-10H2,1-2,4-5H3. The number of hydrogen-bond donors (Lipinski definition) is 0. The fraction of sp³-hybridized carbons (Fsp3) is 0.917. The summed E-state index contributed by atoms with van der Waals surface area (Å²) >= 11 is 0. The van der Waals surface area contributed by atoms with Crippen molar-refractivity contribution in [3.63, 3.8) is 0 Å². The summed E-state index contributed by atoms with van der Waals surface area (Å²) in [6, 6.07) is 0. The Morgan fingerprint density at radius 1 is 1.17 bits per heavy atom. The maximum absolute atomic E-state index is 4.25. The van der Waals surface area contributed by atoms with Gasteiger partial charge in [-0.05, 0) is 24.7 Å². The lowest BCUT2D eigenvalue weighted by atomic mass is 9.75. The monoisotopic (exact) mass is 169 g/mol. The summed E-state index contributed by atoms with van der Waals surface area (Å²) in [4.78, 5) is 0. The van der Waals surface area contributed by atoms with Crippen LogP contribution in [0.1, 0.15) is 59.8 Å². The highest BCUT2D eigenvalue weighted by molar-refractivity contribution is 4.78. The molecular formula is C12H25. The molecule has 0 spiro atoms. The molecule has 12 heavy (non-hydrogen) atoms. The highest BCUT2D eigenvalue weighted by Crippen LogP contribution is 2.33. The molecule has 1 atom stereocenters. The highest BCUT2D eigenvalue weighted by atomic mass is 14.3. The molecule has 0 saturated heterocycles. The highest BCUT2D eigenvalue weighted by Gasteiger charge is 2.22. The van der Waals surface area contributed by atoms with Gasteiger partial charge in [-0.1, -0.05) is 53.4 Å². The predicted octanol–water partition coefficient (Wildman–Crippen LogP) is 4.45. The first-order valence-corrected chi connectivity index (χ1v) is 5.37. The van der Waals surface area contributed by atoms with E-state index in [1.165, 1.54) is 32.1 Å². The SMILES string of the molecule is [CH2]C(CCCCC)C(C)(C)CC. The van der Waals surface area contributed by atoms with E-state index in [0.717, 1.165) is 0 Å². The van der Waals surface area contributed by atoms with Crippen LogP contribution >= 0.6 is 0 Å². The summed E-state index contributed by atoms with van der Waals surface area (Å²) in [7, 11) is 0. The predicted molar refractivity (Wildman–Crippen MR) is 57.1 cm³/mol. The first kappa shape index (κ1) is 12.0. The third kappa shape index (κ3) is 4.13. The zero-order chi connectivity index (χ0) is 9.61. The van der Waals surface area contributed by atoms with E-state index in [1.54, 1.807) is 0 Å². The first-order chi connectivity index (χ1) is 5.54. The largest absolute Gasteiger partial charge is 0.0654 e. The van der Waals surface area contributed by atoms with E-state index in [9.17, 15) is 0 Å². The van der Waals surface area contributed by atoms with Crippen LogP contribution in [-0.2, 0) is 0 Å². The Balaban J connectivity index is 3.63. The lowest BCUT2D eigenvalue weighted by molar-refractivity contribution is 0.229. The Bertz CT molecular complexity index is 103. The third-order valence-corrected chi connectivity index (χ3v) is 3.17. The van der Waals surface area contributed by atoms with Crippen molar-refractivity contribution in [2.75, 3.05) is 0 Å². The normalized spacial score (nSPS) is 14.8. The van der Waals surface area contributed by atoms with Crippen LogP contribution in [0.3, 0.4) is 0 Å². The molecule has 0 saturated carbocycles. The molecule has 0 aromatic carbocycles. The molecule has 0 rings (SSSR count). The van der Waals surface area contributed by atoms with E-state index in [4.69, 9.17) is 0 Å². The molecule has 1 unspecified atom stereocenters. The van der Waals surface area contributed by atoms with Crippen LogP contribution in [0.5, 0.6) is 0 Å². The van der Waals surface area contributed by atoms with Crippen LogP contribution in [0, 0.1) is 18.3 Å². The van der Waals surface area contributed by atoms with Crippen LogP contribution in [0.25, 0.3) is 0 Å². The summed E-state index contributed by atoms with van der Waals surface area (Å²) in [5.74, 6) is 0.633. The smallest absolute Gasteiger partial charge is 0.0329 e. The maximum Gasteiger partial charge on any atom is -0.0329 e. The van der Waals surface area contributed by atoms with Crippen molar-refractivity contribution < 1.29 is 0 Å². The molecule has 0 aliphatic rings. The van der Waals surface area contributed by atoms with Crippen molar-refractivity contribution in [1.82, 2.24) is 0 Å². The molecule has 73 valence electrons. The zero-order valence-electron chi connectivity index (χ0n) is 9.32. The molecule has 0 aliphatic heterocycles. The van der Waals surface area contributed by atoms with Crippen molar-refractivity contribution in [2.24, 2.45) is 11.3 Å². The van der Waals surface area contributed by atoms with Gasteiger partial charge < -0.3 is 0 Å².